The van der Waals surface area contributed by atoms with Crippen molar-refractivity contribution in [1.82, 2.24) is 0 Å². The van der Waals surface area contributed by atoms with Crippen LogP contribution in [0.1, 0.15) is 57.8 Å². The van der Waals surface area contributed by atoms with E-state index >= 15 is 0 Å². The Bertz CT molecular complexity index is 437. The number of rotatable bonds is 7. The molecular formula is C18H27ClO2. The third-order valence-electron chi connectivity index (χ3n) is 3.74. The second-order valence-electron chi connectivity index (χ2n) is 6.59. The third-order valence-corrected chi connectivity index (χ3v) is 3.99. The Morgan fingerprint density at radius 2 is 1.62 bits per heavy atom. The van der Waals surface area contributed by atoms with Crippen molar-refractivity contribution in [1.29, 1.82) is 0 Å². The van der Waals surface area contributed by atoms with Gasteiger partial charge in [-0.05, 0) is 61.8 Å². The van der Waals surface area contributed by atoms with E-state index < -0.39 is 0 Å². The van der Waals surface area contributed by atoms with Crippen molar-refractivity contribution in [2.75, 3.05) is 0 Å². The molecule has 2 atom stereocenters. The van der Waals surface area contributed by atoms with Crippen LogP contribution in [-0.2, 0) is 4.74 Å². The Morgan fingerprint density at radius 1 is 1.05 bits per heavy atom. The molecule has 1 rings (SSSR count). The average molecular weight is 311 g/mol. The van der Waals surface area contributed by atoms with Crippen LogP contribution in [0, 0.1) is 17.8 Å². The van der Waals surface area contributed by atoms with Crippen LogP contribution in [0.4, 0.5) is 0 Å². The molecule has 0 saturated carbocycles. The normalized spacial score (nSPS) is 14.3. The number of benzene rings is 1. The van der Waals surface area contributed by atoms with Gasteiger partial charge < -0.3 is 4.74 Å². The number of carbonyl (C=O) groups excluding carboxylic acids is 1. The van der Waals surface area contributed by atoms with Crippen LogP contribution in [0.2, 0.25) is 5.02 Å². The molecule has 0 heterocycles. The maximum absolute atomic E-state index is 12.1. The fourth-order valence-corrected chi connectivity index (χ4v) is 2.68. The first kappa shape index (κ1) is 18.0. The molecule has 0 saturated heterocycles. The van der Waals surface area contributed by atoms with Crippen LogP contribution in [0.25, 0.3) is 0 Å². The maximum Gasteiger partial charge on any atom is 0.338 e. The van der Waals surface area contributed by atoms with Crippen molar-refractivity contribution in [3.05, 3.63) is 34.9 Å². The number of hydrogen-bond acceptors (Lipinski definition) is 2. The molecule has 0 amide bonds. The monoisotopic (exact) mass is 310 g/mol. The van der Waals surface area contributed by atoms with Gasteiger partial charge >= 0.3 is 5.97 Å². The molecule has 2 nitrogen and oxygen atoms in total. The van der Waals surface area contributed by atoms with Crippen LogP contribution in [0.15, 0.2) is 24.3 Å². The van der Waals surface area contributed by atoms with E-state index in [1.807, 2.05) is 6.92 Å². The molecule has 118 valence electrons. The first-order chi connectivity index (χ1) is 9.79. The molecule has 0 aromatic heterocycles. The molecule has 0 aliphatic heterocycles. The van der Waals surface area contributed by atoms with Gasteiger partial charge in [-0.15, -0.1) is 0 Å². The minimum absolute atomic E-state index is 0.0701. The van der Waals surface area contributed by atoms with E-state index in [0.717, 1.165) is 6.42 Å². The largest absolute Gasteiger partial charge is 0.459 e. The average Bonchev–Trinajstić information content (AvgIpc) is 2.37. The standard InChI is InChI=1S/C18H27ClO2/c1-12(2)10-16(13(3)4)11-14(5)21-18(20)15-6-8-17(19)9-7-15/h6-9,12-14,16H,10-11H2,1-5H3. The van der Waals surface area contributed by atoms with E-state index in [9.17, 15) is 4.79 Å². The summed E-state index contributed by atoms with van der Waals surface area (Å²) in [6.45, 7) is 10.9. The molecule has 0 spiro atoms. The summed E-state index contributed by atoms with van der Waals surface area (Å²) in [6.07, 6.45) is 2.01. The second-order valence-corrected chi connectivity index (χ2v) is 7.03. The predicted molar refractivity (Wildman–Crippen MR) is 88.7 cm³/mol. The van der Waals surface area contributed by atoms with Crippen molar-refractivity contribution < 1.29 is 9.53 Å². The zero-order chi connectivity index (χ0) is 16.0. The molecule has 0 N–H and O–H groups in total. The van der Waals surface area contributed by atoms with Crippen LogP contribution in [0.3, 0.4) is 0 Å². The topological polar surface area (TPSA) is 26.3 Å². The lowest BCUT2D eigenvalue weighted by atomic mass is 9.84. The van der Waals surface area contributed by atoms with Gasteiger partial charge in [0.1, 0.15) is 0 Å². The molecule has 1 aromatic carbocycles. The smallest absolute Gasteiger partial charge is 0.338 e. The highest BCUT2D eigenvalue weighted by Gasteiger charge is 2.20. The van der Waals surface area contributed by atoms with Gasteiger partial charge in [0.25, 0.3) is 0 Å². The summed E-state index contributed by atoms with van der Waals surface area (Å²) in [6, 6.07) is 6.81. The van der Waals surface area contributed by atoms with Crippen molar-refractivity contribution in [3.8, 4) is 0 Å². The van der Waals surface area contributed by atoms with E-state index in [2.05, 4.69) is 27.7 Å². The molecule has 3 heteroatoms. The summed E-state index contributed by atoms with van der Waals surface area (Å²) in [7, 11) is 0. The zero-order valence-electron chi connectivity index (χ0n) is 13.7. The molecule has 2 unspecified atom stereocenters. The van der Waals surface area contributed by atoms with Gasteiger partial charge in [-0.3, -0.25) is 0 Å². The molecule has 0 bridgehead atoms. The highest BCUT2D eigenvalue weighted by molar-refractivity contribution is 6.30. The number of halogens is 1. The fraction of sp³-hybridized carbons (Fsp3) is 0.611. The quantitative estimate of drug-likeness (QED) is 0.613. The Hall–Kier alpha value is -1.02. The highest BCUT2D eigenvalue weighted by atomic mass is 35.5. The minimum atomic E-state index is -0.272. The molecule has 21 heavy (non-hydrogen) atoms. The van der Waals surface area contributed by atoms with Gasteiger partial charge in [0, 0.05) is 5.02 Å². The summed E-state index contributed by atoms with van der Waals surface area (Å²) in [5, 5.41) is 0.622. The first-order valence-corrected chi connectivity index (χ1v) is 8.14. The van der Waals surface area contributed by atoms with Gasteiger partial charge in [0.05, 0.1) is 11.7 Å². The maximum atomic E-state index is 12.1. The lowest BCUT2D eigenvalue weighted by molar-refractivity contribution is 0.0260. The van der Waals surface area contributed by atoms with Crippen molar-refractivity contribution in [2.45, 2.75) is 53.6 Å². The first-order valence-electron chi connectivity index (χ1n) is 7.76. The minimum Gasteiger partial charge on any atom is -0.459 e. The van der Waals surface area contributed by atoms with Crippen molar-refractivity contribution in [2.24, 2.45) is 17.8 Å². The number of ether oxygens (including phenoxy) is 1. The molecule has 0 radical (unpaired) electrons. The highest BCUT2D eigenvalue weighted by Crippen LogP contribution is 2.26. The molecule has 1 aromatic rings. The molecule has 0 fully saturated rings. The molecule has 0 aliphatic rings. The third kappa shape index (κ3) is 6.52. The van der Waals surface area contributed by atoms with Crippen LogP contribution < -0.4 is 0 Å². The Balaban J connectivity index is 2.56. The second kappa shape index (κ2) is 8.43. The molecular weight excluding hydrogens is 284 g/mol. The van der Waals surface area contributed by atoms with Gasteiger partial charge in [-0.25, -0.2) is 4.79 Å². The Morgan fingerprint density at radius 3 is 2.10 bits per heavy atom. The summed E-state index contributed by atoms with van der Waals surface area (Å²) in [5.74, 6) is 1.57. The number of hydrogen-bond donors (Lipinski definition) is 0. The predicted octanol–water partition coefficient (Wildman–Crippen LogP) is 5.59. The van der Waals surface area contributed by atoms with Gasteiger partial charge in [-0.2, -0.15) is 0 Å². The van der Waals surface area contributed by atoms with Crippen molar-refractivity contribution in [3.63, 3.8) is 0 Å². The lowest BCUT2D eigenvalue weighted by Crippen LogP contribution is -2.22. The number of carbonyl (C=O) groups is 1. The summed E-state index contributed by atoms with van der Waals surface area (Å²) < 4.78 is 5.56. The van der Waals surface area contributed by atoms with E-state index in [4.69, 9.17) is 16.3 Å². The SMILES string of the molecule is CC(C)CC(CC(C)OC(=O)c1ccc(Cl)cc1)C(C)C. The Labute approximate surface area is 133 Å². The summed E-state index contributed by atoms with van der Waals surface area (Å²) >= 11 is 5.82. The molecule has 0 aliphatic carbocycles. The van der Waals surface area contributed by atoms with Crippen LogP contribution in [0.5, 0.6) is 0 Å². The zero-order valence-corrected chi connectivity index (χ0v) is 14.5. The fourth-order valence-electron chi connectivity index (χ4n) is 2.56. The summed E-state index contributed by atoms with van der Waals surface area (Å²) in [5.41, 5.74) is 0.552. The van der Waals surface area contributed by atoms with Gasteiger partial charge in [0.2, 0.25) is 0 Å². The van der Waals surface area contributed by atoms with E-state index in [0.29, 0.717) is 28.3 Å². The van der Waals surface area contributed by atoms with Crippen LogP contribution in [-0.4, -0.2) is 12.1 Å². The summed E-state index contributed by atoms with van der Waals surface area (Å²) in [4.78, 5) is 12.1. The Kier molecular flexibility index (Phi) is 7.24. The number of esters is 1. The van der Waals surface area contributed by atoms with Crippen molar-refractivity contribution >= 4 is 17.6 Å². The van der Waals surface area contributed by atoms with E-state index in [-0.39, 0.29) is 12.1 Å². The van der Waals surface area contributed by atoms with E-state index in [1.165, 1.54) is 6.42 Å². The van der Waals surface area contributed by atoms with Crippen LogP contribution >= 0.6 is 11.6 Å². The van der Waals surface area contributed by atoms with E-state index in [1.54, 1.807) is 24.3 Å². The van der Waals surface area contributed by atoms with Gasteiger partial charge in [0.15, 0.2) is 0 Å². The van der Waals surface area contributed by atoms with Gasteiger partial charge in [-0.1, -0.05) is 39.3 Å². The lowest BCUT2D eigenvalue weighted by Gasteiger charge is -2.26.